The molecular weight excluding hydrogens is 384 g/mol. The fourth-order valence-electron chi connectivity index (χ4n) is 3.92. The van der Waals surface area contributed by atoms with Crippen molar-refractivity contribution in [3.05, 3.63) is 89.0 Å². The van der Waals surface area contributed by atoms with Gasteiger partial charge in [-0.3, -0.25) is 4.79 Å². The van der Waals surface area contributed by atoms with Crippen LogP contribution in [0.4, 0.5) is 5.69 Å². The van der Waals surface area contributed by atoms with Crippen LogP contribution in [0.2, 0.25) is 0 Å². The molecular formula is C27H26N2O2. The molecule has 0 aliphatic carbocycles. The number of nitrogens with zero attached hydrogens (tertiary/aromatic N) is 1. The van der Waals surface area contributed by atoms with Crippen molar-refractivity contribution < 1.29 is 9.53 Å². The van der Waals surface area contributed by atoms with E-state index in [0.717, 1.165) is 56.7 Å². The lowest BCUT2D eigenvalue weighted by Crippen LogP contribution is -2.14. The summed E-state index contributed by atoms with van der Waals surface area (Å²) in [4.78, 5) is 18.3. The Labute approximate surface area is 182 Å². The minimum Gasteiger partial charge on any atom is -0.497 e. The van der Waals surface area contributed by atoms with Gasteiger partial charge in [0.25, 0.3) is 5.91 Å². The number of methoxy groups -OCH3 is 1. The summed E-state index contributed by atoms with van der Waals surface area (Å²) in [7, 11) is 1.64. The average Bonchev–Trinajstić information content (AvgIpc) is 2.79. The first-order chi connectivity index (χ1) is 15.0. The van der Waals surface area contributed by atoms with Crippen LogP contribution < -0.4 is 10.1 Å². The third kappa shape index (κ3) is 4.15. The number of para-hydroxylation sites is 1. The molecule has 4 nitrogen and oxygen atoms in total. The second-order valence-corrected chi connectivity index (χ2v) is 7.73. The Morgan fingerprint density at radius 2 is 1.74 bits per heavy atom. The third-order valence-corrected chi connectivity index (χ3v) is 5.53. The van der Waals surface area contributed by atoms with Gasteiger partial charge in [0.2, 0.25) is 0 Å². The van der Waals surface area contributed by atoms with Crippen LogP contribution in [0.25, 0.3) is 22.2 Å². The molecule has 4 aromatic rings. The number of rotatable bonds is 5. The minimum absolute atomic E-state index is 0.131. The Hall–Kier alpha value is -3.66. The SMILES string of the molecule is CCc1ccccc1NC(=O)c1cc(-c2ccc(OC)cc2)nc2c(C)cc(C)cc12. The standard InChI is InChI=1S/C27H26N2O2/c1-5-19-8-6-7-9-24(19)29-27(30)23-16-25(20-10-12-21(31-4)13-11-20)28-26-18(3)14-17(2)15-22(23)26/h6-16H,5H2,1-4H3,(H,29,30). The van der Waals surface area contributed by atoms with E-state index in [0.29, 0.717) is 5.56 Å². The van der Waals surface area contributed by atoms with Crippen LogP contribution in [0.1, 0.15) is 34.0 Å². The van der Waals surface area contributed by atoms with Crippen molar-refractivity contribution in [2.24, 2.45) is 0 Å². The Balaban J connectivity index is 1.86. The van der Waals surface area contributed by atoms with Gasteiger partial charge in [0.15, 0.2) is 0 Å². The zero-order valence-electron chi connectivity index (χ0n) is 18.3. The second kappa shape index (κ2) is 8.60. The molecule has 0 spiro atoms. The maximum absolute atomic E-state index is 13.4. The predicted molar refractivity (Wildman–Crippen MR) is 127 cm³/mol. The van der Waals surface area contributed by atoms with Crippen LogP contribution in [-0.2, 0) is 6.42 Å². The molecule has 0 aliphatic rings. The molecule has 0 bridgehead atoms. The highest BCUT2D eigenvalue weighted by Crippen LogP contribution is 2.30. The van der Waals surface area contributed by atoms with E-state index in [1.807, 2.05) is 74.5 Å². The van der Waals surface area contributed by atoms with Crippen molar-refractivity contribution in [3.8, 4) is 17.0 Å². The van der Waals surface area contributed by atoms with Crippen LogP contribution in [0.15, 0.2) is 66.7 Å². The Morgan fingerprint density at radius 3 is 2.45 bits per heavy atom. The lowest BCUT2D eigenvalue weighted by Gasteiger charge is -2.14. The number of ether oxygens (including phenoxy) is 1. The lowest BCUT2D eigenvalue weighted by molar-refractivity contribution is 0.102. The van der Waals surface area contributed by atoms with Crippen molar-refractivity contribution >= 4 is 22.5 Å². The number of pyridine rings is 1. The van der Waals surface area contributed by atoms with Gasteiger partial charge in [-0.1, -0.05) is 36.8 Å². The monoisotopic (exact) mass is 410 g/mol. The molecule has 0 fully saturated rings. The number of fused-ring (bicyclic) bond motifs is 1. The van der Waals surface area contributed by atoms with Gasteiger partial charge in [-0.05, 0) is 73.9 Å². The molecule has 0 unspecified atom stereocenters. The summed E-state index contributed by atoms with van der Waals surface area (Å²) in [6.07, 6.45) is 0.850. The van der Waals surface area contributed by atoms with Gasteiger partial charge >= 0.3 is 0 Å². The Morgan fingerprint density at radius 1 is 1.00 bits per heavy atom. The largest absolute Gasteiger partial charge is 0.497 e. The average molecular weight is 411 g/mol. The number of amides is 1. The quantitative estimate of drug-likeness (QED) is 0.417. The fourth-order valence-corrected chi connectivity index (χ4v) is 3.92. The zero-order chi connectivity index (χ0) is 22.0. The summed E-state index contributed by atoms with van der Waals surface area (Å²) in [5.41, 5.74) is 7.26. The second-order valence-electron chi connectivity index (χ2n) is 7.73. The van der Waals surface area contributed by atoms with Crippen LogP contribution in [0.3, 0.4) is 0 Å². The first kappa shape index (κ1) is 20.6. The maximum Gasteiger partial charge on any atom is 0.256 e. The number of aryl methyl sites for hydroxylation is 3. The summed E-state index contributed by atoms with van der Waals surface area (Å²) < 4.78 is 5.27. The summed E-state index contributed by atoms with van der Waals surface area (Å²) in [5.74, 6) is 0.651. The highest BCUT2D eigenvalue weighted by molar-refractivity contribution is 6.13. The highest BCUT2D eigenvalue weighted by atomic mass is 16.5. The van der Waals surface area contributed by atoms with E-state index in [9.17, 15) is 4.79 Å². The molecule has 1 N–H and O–H groups in total. The van der Waals surface area contributed by atoms with Gasteiger partial charge in [0, 0.05) is 16.6 Å². The van der Waals surface area contributed by atoms with E-state index >= 15 is 0 Å². The first-order valence-electron chi connectivity index (χ1n) is 10.5. The fraction of sp³-hybridized carbons (Fsp3) is 0.185. The van der Waals surface area contributed by atoms with Crippen molar-refractivity contribution in [1.82, 2.24) is 4.98 Å². The first-order valence-corrected chi connectivity index (χ1v) is 10.5. The third-order valence-electron chi connectivity index (χ3n) is 5.53. The van der Waals surface area contributed by atoms with Gasteiger partial charge < -0.3 is 10.1 Å². The molecule has 4 heteroatoms. The Kier molecular flexibility index (Phi) is 5.72. The summed E-state index contributed by atoms with van der Waals surface area (Å²) >= 11 is 0. The number of carbonyl (C=O) groups is 1. The summed E-state index contributed by atoms with van der Waals surface area (Å²) in [6, 6.07) is 21.7. The van der Waals surface area contributed by atoms with E-state index in [-0.39, 0.29) is 5.91 Å². The molecule has 0 aliphatic heterocycles. The van der Waals surface area contributed by atoms with E-state index in [4.69, 9.17) is 9.72 Å². The number of carbonyl (C=O) groups excluding carboxylic acids is 1. The van der Waals surface area contributed by atoms with Gasteiger partial charge in [-0.15, -0.1) is 0 Å². The number of anilines is 1. The van der Waals surface area contributed by atoms with E-state index in [1.165, 1.54) is 0 Å². The predicted octanol–water partition coefficient (Wildman–Crippen LogP) is 6.34. The Bertz CT molecular complexity index is 1260. The molecule has 0 radical (unpaired) electrons. The molecule has 1 heterocycles. The maximum atomic E-state index is 13.4. The molecule has 3 aromatic carbocycles. The summed E-state index contributed by atoms with van der Waals surface area (Å²) in [6.45, 7) is 6.16. The van der Waals surface area contributed by atoms with Crippen molar-refractivity contribution in [1.29, 1.82) is 0 Å². The van der Waals surface area contributed by atoms with Gasteiger partial charge in [-0.2, -0.15) is 0 Å². The number of aromatic nitrogens is 1. The lowest BCUT2D eigenvalue weighted by atomic mass is 9.99. The van der Waals surface area contributed by atoms with Crippen LogP contribution in [0.5, 0.6) is 5.75 Å². The number of nitrogens with one attached hydrogen (secondary N) is 1. The number of benzene rings is 3. The van der Waals surface area contributed by atoms with E-state index < -0.39 is 0 Å². The normalized spacial score (nSPS) is 10.8. The smallest absolute Gasteiger partial charge is 0.256 e. The highest BCUT2D eigenvalue weighted by Gasteiger charge is 2.17. The molecule has 1 aromatic heterocycles. The molecule has 156 valence electrons. The number of hydrogen-bond donors (Lipinski definition) is 1. The molecule has 0 atom stereocenters. The van der Waals surface area contributed by atoms with Gasteiger partial charge in [-0.25, -0.2) is 4.98 Å². The molecule has 0 saturated carbocycles. The van der Waals surface area contributed by atoms with Gasteiger partial charge in [0.05, 0.1) is 23.9 Å². The van der Waals surface area contributed by atoms with E-state index in [2.05, 4.69) is 18.3 Å². The van der Waals surface area contributed by atoms with E-state index in [1.54, 1.807) is 7.11 Å². The minimum atomic E-state index is -0.131. The molecule has 31 heavy (non-hydrogen) atoms. The van der Waals surface area contributed by atoms with Crippen LogP contribution in [-0.4, -0.2) is 18.0 Å². The zero-order valence-corrected chi connectivity index (χ0v) is 18.3. The molecule has 4 rings (SSSR count). The van der Waals surface area contributed by atoms with Crippen LogP contribution in [0, 0.1) is 13.8 Å². The molecule has 0 saturated heterocycles. The molecule has 1 amide bonds. The van der Waals surface area contributed by atoms with Crippen LogP contribution >= 0.6 is 0 Å². The summed E-state index contributed by atoms with van der Waals surface area (Å²) in [5, 5.41) is 3.98. The van der Waals surface area contributed by atoms with Gasteiger partial charge in [0.1, 0.15) is 5.75 Å². The van der Waals surface area contributed by atoms with Crippen molar-refractivity contribution in [3.63, 3.8) is 0 Å². The van der Waals surface area contributed by atoms with Crippen molar-refractivity contribution in [2.45, 2.75) is 27.2 Å². The van der Waals surface area contributed by atoms with Crippen molar-refractivity contribution in [2.75, 3.05) is 12.4 Å². The topological polar surface area (TPSA) is 51.2 Å². The number of hydrogen-bond acceptors (Lipinski definition) is 3.